The molecule has 128 valence electrons. The molecule has 0 fully saturated rings. The maximum absolute atomic E-state index is 12.0. The summed E-state index contributed by atoms with van der Waals surface area (Å²) < 4.78 is 0. The fourth-order valence-electron chi connectivity index (χ4n) is 2.63. The smallest absolute Gasteiger partial charge is 0.225 e. The van der Waals surface area contributed by atoms with Gasteiger partial charge in [-0.3, -0.25) is 4.79 Å². The number of carbonyl (C=O) groups excluding carboxylic acids is 1. The molecule has 0 saturated carbocycles. The molecule has 0 aliphatic heterocycles. The Bertz CT molecular complexity index is 528. The van der Waals surface area contributed by atoms with E-state index in [4.69, 9.17) is 0 Å². The van der Waals surface area contributed by atoms with Crippen LogP contribution in [-0.2, 0) is 4.79 Å². The second-order valence-corrected chi connectivity index (χ2v) is 7.45. The Labute approximate surface area is 145 Å². The van der Waals surface area contributed by atoms with E-state index in [-0.39, 0.29) is 5.91 Å². The Morgan fingerprint density at radius 2 is 1.61 bits per heavy atom. The lowest BCUT2D eigenvalue weighted by molar-refractivity contribution is -0.116. The van der Waals surface area contributed by atoms with E-state index >= 15 is 0 Å². The summed E-state index contributed by atoms with van der Waals surface area (Å²) in [6, 6.07) is 2.19. The van der Waals surface area contributed by atoms with Gasteiger partial charge in [-0.25, -0.2) is 0 Å². The van der Waals surface area contributed by atoms with E-state index in [0.717, 1.165) is 23.3 Å². The largest absolute Gasteiger partial charge is 0.317 e. The number of hydrogen-bond acceptors (Lipinski definition) is 3. The highest BCUT2D eigenvalue weighted by atomic mass is 32.1. The summed E-state index contributed by atoms with van der Waals surface area (Å²) in [6.45, 7) is 6.15. The van der Waals surface area contributed by atoms with Crippen LogP contribution in [0.4, 0.5) is 5.00 Å². The normalized spacial score (nSPS) is 10.5. The van der Waals surface area contributed by atoms with Gasteiger partial charge in [0.05, 0.1) is 5.56 Å². The number of rotatable bonds is 11. The molecule has 1 amide bonds. The molecule has 0 saturated heterocycles. The van der Waals surface area contributed by atoms with Crippen LogP contribution in [0.3, 0.4) is 0 Å². The van der Waals surface area contributed by atoms with Crippen molar-refractivity contribution in [2.24, 2.45) is 0 Å². The Hall–Kier alpha value is -1.34. The van der Waals surface area contributed by atoms with Gasteiger partial charge in [0.1, 0.15) is 11.1 Å². The molecule has 1 aromatic rings. The summed E-state index contributed by atoms with van der Waals surface area (Å²) in [6.07, 6.45) is 11.8. The average Bonchev–Trinajstić information content (AvgIpc) is 2.79. The Morgan fingerprint density at radius 1 is 1.04 bits per heavy atom. The van der Waals surface area contributed by atoms with Gasteiger partial charge in [-0.1, -0.05) is 58.3 Å². The van der Waals surface area contributed by atoms with E-state index < -0.39 is 0 Å². The van der Waals surface area contributed by atoms with Crippen LogP contribution in [0.2, 0.25) is 0 Å². The Morgan fingerprint density at radius 3 is 2.17 bits per heavy atom. The molecule has 1 heterocycles. The minimum atomic E-state index is 0.0331. The first-order valence-electron chi connectivity index (χ1n) is 8.90. The number of hydrogen-bond donors (Lipinski definition) is 1. The molecule has 0 bridgehead atoms. The third-order valence-electron chi connectivity index (χ3n) is 4.26. The van der Waals surface area contributed by atoms with E-state index in [0.29, 0.717) is 17.0 Å². The van der Waals surface area contributed by atoms with E-state index in [9.17, 15) is 10.1 Å². The highest BCUT2D eigenvalue weighted by molar-refractivity contribution is 7.16. The van der Waals surface area contributed by atoms with Crippen molar-refractivity contribution in [2.45, 2.75) is 85.0 Å². The zero-order valence-corrected chi connectivity index (χ0v) is 15.7. The molecule has 3 nitrogen and oxygen atoms in total. The summed E-state index contributed by atoms with van der Waals surface area (Å²) in [4.78, 5) is 13.1. The molecular formula is C19H30N2OS. The van der Waals surface area contributed by atoms with Gasteiger partial charge in [-0.05, 0) is 25.8 Å². The van der Waals surface area contributed by atoms with Gasteiger partial charge in [0.2, 0.25) is 5.91 Å². The SMILES string of the molecule is CCCCCCCCCCCC(=O)Nc1sc(C)c(C)c1C#N. The maximum atomic E-state index is 12.0. The molecule has 23 heavy (non-hydrogen) atoms. The van der Waals surface area contributed by atoms with E-state index in [1.807, 2.05) is 13.8 Å². The van der Waals surface area contributed by atoms with Gasteiger partial charge in [0.15, 0.2) is 0 Å². The predicted octanol–water partition coefficient (Wildman–Crippen LogP) is 6.10. The first-order valence-corrected chi connectivity index (χ1v) is 9.71. The standard InChI is InChI=1S/C19H30N2OS/c1-4-5-6-7-8-9-10-11-12-13-18(22)21-19-17(14-20)15(2)16(3)23-19/h4-13H2,1-3H3,(H,21,22). The zero-order valence-electron chi connectivity index (χ0n) is 14.8. The second-order valence-electron chi connectivity index (χ2n) is 6.23. The first-order chi connectivity index (χ1) is 11.1. The monoisotopic (exact) mass is 334 g/mol. The number of nitrogens with zero attached hydrogens (tertiary/aromatic N) is 1. The fraction of sp³-hybridized carbons (Fsp3) is 0.684. The van der Waals surface area contributed by atoms with Crippen LogP contribution < -0.4 is 5.32 Å². The van der Waals surface area contributed by atoms with E-state index in [2.05, 4.69) is 18.3 Å². The molecule has 1 N–H and O–H groups in total. The quantitative estimate of drug-likeness (QED) is 0.497. The van der Waals surface area contributed by atoms with Crippen LogP contribution in [0.1, 0.15) is 87.1 Å². The summed E-state index contributed by atoms with van der Waals surface area (Å²) in [5.74, 6) is 0.0331. The summed E-state index contributed by atoms with van der Waals surface area (Å²) >= 11 is 1.50. The average molecular weight is 335 g/mol. The number of nitriles is 1. The number of carbonyl (C=O) groups is 1. The lowest BCUT2D eigenvalue weighted by Gasteiger charge is -2.04. The van der Waals surface area contributed by atoms with Crippen LogP contribution >= 0.6 is 11.3 Å². The topological polar surface area (TPSA) is 52.9 Å². The molecular weight excluding hydrogens is 304 g/mol. The van der Waals surface area contributed by atoms with Gasteiger partial charge in [-0.15, -0.1) is 11.3 Å². The lowest BCUT2D eigenvalue weighted by atomic mass is 10.1. The molecule has 0 atom stereocenters. The minimum absolute atomic E-state index is 0.0331. The fourth-order valence-corrected chi connectivity index (χ4v) is 3.66. The minimum Gasteiger partial charge on any atom is -0.317 e. The van der Waals surface area contributed by atoms with Gasteiger partial charge < -0.3 is 5.32 Å². The molecule has 4 heteroatoms. The Kier molecular flexibility index (Phi) is 9.63. The third kappa shape index (κ3) is 7.18. The van der Waals surface area contributed by atoms with E-state index in [1.165, 1.54) is 56.3 Å². The number of amides is 1. The van der Waals surface area contributed by atoms with Crippen molar-refractivity contribution >= 4 is 22.2 Å². The number of thiophene rings is 1. The molecule has 0 aliphatic carbocycles. The van der Waals surface area contributed by atoms with Crippen molar-refractivity contribution in [3.8, 4) is 6.07 Å². The van der Waals surface area contributed by atoms with Crippen LogP contribution in [-0.4, -0.2) is 5.91 Å². The van der Waals surface area contributed by atoms with Crippen molar-refractivity contribution in [1.29, 1.82) is 5.26 Å². The third-order valence-corrected chi connectivity index (χ3v) is 5.38. The molecule has 0 aliphatic rings. The Balaban J connectivity index is 2.16. The molecule has 1 aromatic heterocycles. The van der Waals surface area contributed by atoms with Gasteiger partial charge in [0.25, 0.3) is 0 Å². The number of anilines is 1. The summed E-state index contributed by atoms with van der Waals surface area (Å²) in [5, 5.41) is 12.8. The van der Waals surface area contributed by atoms with Crippen LogP contribution in [0, 0.1) is 25.2 Å². The van der Waals surface area contributed by atoms with Crippen LogP contribution in [0.15, 0.2) is 0 Å². The number of aryl methyl sites for hydroxylation is 1. The van der Waals surface area contributed by atoms with Crippen molar-refractivity contribution in [3.63, 3.8) is 0 Å². The van der Waals surface area contributed by atoms with Gasteiger partial charge in [-0.2, -0.15) is 5.26 Å². The van der Waals surface area contributed by atoms with Crippen LogP contribution in [0.25, 0.3) is 0 Å². The van der Waals surface area contributed by atoms with Crippen molar-refractivity contribution in [3.05, 3.63) is 16.0 Å². The molecule has 1 rings (SSSR count). The highest BCUT2D eigenvalue weighted by Crippen LogP contribution is 2.31. The van der Waals surface area contributed by atoms with Crippen LogP contribution in [0.5, 0.6) is 0 Å². The first kappa shape index (κ1) is 19.7. The second kappa shape index (κ2) is 11.2. The van der Waals surface area contributed by atoms with Gasteiger partial charge in [0, 0.05) is 11.3 Å². The molecule has 0 spiro atoms. The van der Waals surface area contributed by atoms with Crippen molar-refractivity contribution in [2.75, 3.05) is 5.32 Å². The number of nitrogens with one attached hydrogen (secondary N) is 1. The molecule has 0 unspecified atom stereocenters. The molecule has 0 radical (unpaired) electrons. The van der Waals surface area contributed by atoms with Crippen molar-refractivity contribution in [1.82, 2.24) is 0 Å². The maximum Gasteiger partial charge on any atom is 0.225 e. The van der Waals surface area contributed by atoms with E-state index in [1.54, 1.807) is 0 Å². The highest BCUT2D eigenvalue weighted by Gasteiger charge is 2.14. The summed E-state index contributed by atoms with van der Waals surface area (Å²) in [5.41, 5.74) is 1.60. The number of unbranched alkanes of at least 4 members (excludes halogenated alkanes) is 8. The zero-order chi connectivity index (χ0) is 17.1. The molecule has 0 aromatic carbocycles. The van der Waals surface area contributed by atoms with Crippen molar-refractivity contribution < 1.29 is 4.79 Å². The van der Waals surface area contributed by atoms with Gasteiger partial charge >= 0.3 is 0 Å². The predicted molar refractivity (Wildman–Crippen MR) is 99.0 cm³/mol. The summed E-state index contributed by atoms with van der Waals surface area (Å²) in [7, 11) is 0. The lowest BCUT2D eigenvalue weighted by Crippen LogP contribution is -2.10.